The largest absolute Gasteiger partial charge is 0.489 e. The number of fused-ring (bicyclic) bond motifs is 1. The summed E-state index contributed by atoms with van der Waals surface area (Å²) < 4.78 is 12.4. The van der Waals surface area contributed by atoms with E-state index < -0.39 is 0 Å². The maximum Gasteiger partial charge on any atom is 0.258 e. The summed E-state index contributed by atoms with van der Waals surface area (Å²) in [6.07, 6.45) is 2.42. The van der Waals surface area contributed by atoms with Crippen molar-refractivity contribution in [2.75, 3.05) is 13.7 Å². The van der Waals surface area contributed by atoms with E-state index >= 15 is 0 Å². The van der Waals surface area contributed by atoms with Gasteiger partial charge in [0.15, 0.2) is 0 Å². The van der Waals surface area contributed by atoms with Gasteiger partial charge >= 0.3 is 0 Å². The fourth-order valence-corrected chi connectivity index (χ4v) is 3.15. The van der Waals surface area contributed by atoms with E-state index in [9.17, 15) is 4.79 Å². The van der Waals surface area contributed by atoms with E-state index in [0.717, 1.165) is 28.1 Å². The van der Waals surface area contributed by atoms with Crippen LogP contribution in [0, 0.1) is 0 Å². The van der Waals surface area contributed by atoms with Crippen LogP contribution < -0.4 is 10.3 Å². The Hall–Kier alpha value is -3.09. The highest BCUT2D eigenvalue weighted by atomic mass is 35.5. The van der Waals surface area contributed by atoms with E-state index in [4.69, 9.17) is 21.1 Å². The molecule has 0 atom stereocenters. The topological polar surface area (TPSA) is 69.1 Å². The second kappa shape index (κ2) is 8.51. The molecule has 0 fully saturated rings. The number of pyridine rings is 1. The fourth-order valence-electron chi connectivity index (χ4n) is 3.03. The molecule has 0 amide bonds. The number of methoxy groups -OCH3 is 1. The van der Waals surface area contributed by atoms with Crippen molar-refractivity contribution in [1.29, 1.82) is 0 Å². The Kier molecular flexibility index (Phi) is 5.64. The minimum absolute atomic E-state index is 0.169. The number of H-pyrrole nitrogens is 1. The van der Waals surface area contributed by atoms with Gasteiger partial charge in [-0.1, -0.05) is 23.7 Å². The monoisotopic (exact) mass is 409 g/mol. The van der Waals surface area contributed by atoms with Crippen molar-refractivity contribution in [1.82, 2.24) is 14.5 Å². The van der Waals surface area contributed by atoms with Crippen LogP contribution in [0.4, 0.5) is 0 Å². The SMILES string of the molecule is COCCc1nc2ccc(-n3ccc(OCc4ccc(Cl)cc4)cc3=O)cc2[nH]1. The van der Waals surface area contributed by atoms with E-state index in [2.05, 4.69) is 9.97 Å². The molecule has 4 aromatic rings. The molecule has 0 spiro atoms. The predicted molar refractivity (Wildman–Crippen MR) is 113 cm³/mol. The Morgan fingerprint density at radius 3 is 2.69 bits per heavy atom. The predicted octanol–water partition coefficient (Wildman–Crippen LogP) is 4.14. The molecule has 0 saturated carbocycles. The van der Waals surface area contributed by atoms with E-state index in [1.807, 2.05) is 42.5 Å². The number of hydrogen-bond acceptors (Lipinski definition) is 4. The first-order chi connectivity index (χ1) is 14.1. The number of aromatic nitrogens is 3. The molecule has 1 N–H and O–H groups in total. The van der Waals surface area contributed by atoms with Crippen LogP contribution in [0.2, 0.25) is 5.02 Å². The minimum atomic E-state index is -0.169. The molecule has 2 aromatic carbocycles. The number of imidazole rings is 1. The van der Waals surface area contributed by atoms with Gasteiger partial charge in [-0.25, -0.2) is 4.98 Å². The van der Waals surface area contributed by atoms with E-state index in [-0.39, 0.29) is 5.56 Å². The first kappa shape index (κ1) is 19.2. The summed E-state index contributed by atoms with van der Waals surface area (Å²) in [5.74, 6) is 1.38. The second-order valence-corrected chi connectivity index (χ2v) is 7.05. The average Bonchev–Trinajstić information content (AvgIpc) is 3.14. The zero-order valence-electron chi connectivity index (χ0n) is 15.9. The van der Waals surface area contributed by atoms with Crippen molar-refractivity contribution in [3.05, 3.63) is 87.6 Å². The van der Waals surface area contributed by atoms with Crippen molar-refractivity contribution in [3.63, 3.8) is 0 Å². The number of benzene rings is 2. The van der Waals surface area contributed by atoms with Crippen LogP contribution in [0.15, 0.2) is 65.6 Å². The van der Waals surface area contributed by atoms with Crippen molar-refractivity contribution in [3.8, 4) is 11.4 Å². The molecular weight excluding hydrogens is 390 g/mol. The van der Waals surface area contributed by atoms with Gasteiger partial charge in [-0.15, -0.1) is 0 Å². The summed E-state index contributed by atoms with van der Waals surface area (Å²) in [6, 6.07) is 16.3. The third-order valence-corrected chi connectivity index (χ3v) is 4.80. The van der Waals surface area contributed by atoms with Gasteiger partial charge in [-0.3, -0.25) is 9.36 Å². The standard InChI is InChI=1S/C22H20ClN3O3/c1-28-11-9-21-24-19-7-6-17(12-20(19)25-21)26-10-8-18(13-22(26)27)29-14-15-2-4-16(23)5-3-15/h2-8,10,12-13H,9,11,14H2,1H3,(H,24,25). The van der Waals surface area contributed by atoms with Crippen LogP contribution >= 0.6 is 11.6 Å². The third kappa shape index (κ3) is 4.50. The van der Waals surface area contributed by atoms with Crippen LogP contribution in [-0.2, 0) is 17.8 Å². The molecule has 0 bridgehead atoms. The molecule has 0 radical (unpaired) electrons. The molecule has 148 valence electrons. The molecule has 0 saturated heterocycles. The van der Waals surface area contributed by atoms with Gasteiger partial charge in [0.2, 0.25) is 0 Å². The molecule has 29 heavy (non-hydrogen) atoms. The van der Waals surface area contributed by atoms with Gasteiger partial charge in [0.1, 0.15) is 18.2 Å². The van der Waals surface area contributed by atoms with Gasteiger partial charge in [-0.2, -0.15) is 0 Å². The number of nitrogens with one attached hydrogen (secondary N) is 1. The van der Waals surface area contributed by atoms with Crippen LogP contribution in [0.1, 0.15) is 11.4 Å². The number of halogens is 1. The number of nitrogens with zero attached hydrogens (tertiary/aromatic N) is 2. The minimum Gasteiger partial charge on any atom is -0.489 e. The molecule has 0 aliphatic rings. The van der Waals surface area contributed by atoms with E-state index in [1.165, 1.54) is 6.07 Å². The lowest BCUT2D eigenvalue weighted by Gasteiger charge is -2.09. The first-order valence-electron chi connectivity index (χ1n) is 9.20. The summed E-state index contributed by atoms with van der Waals surface area (Å²) >= 11 is 5.89. The molecular formula is C22H20ClN3O3. The zero-order chi connectivity index (χ0) is 20.2. The quantitative estimate of drug-likeness (QED) is 0.498. The number of hydrogen-bond donors (Lipinski definition) is 1. The van der Waals surface area contributed by atoms with Crippen LogP contribution in [0.25, 0.3) is 16.7 Å². The molecule has 0 unspecified atom stereocenters. The summed E-state index contributed by atoms with van der Waals surface area (Å²) in [4.78, 5) is 20.4. The lowest BCUT2D eigenvalue weighted by molar-refractivity contribution is 0.201. The summed E-state index contributed by atoms with van der Waals surface area (Å²) in [5.41, 5.74) is 3.30. The highest BCUT2D eigenvalue weighted by Crippen LogP contribution is 2.18. The second-order valence-electron chi connectivity index (χ2n) is 6.61. The Bertz CT molecular complexity index is 1180. The number of aromatic amines is 1. The van der Waals surface area contributed by atoms with Crippen molar-refractivity contribution >= 4 is 22.6 Å². The van der Waals surface area contributed by atoms with Crippen molar-refractivity contribution < 1.29 is 9.47 Å². The molecule has 0 aliphatic heterocycles. The summed E-state index contributed by atoms with van der Waals surface area (Å²) in [7, 11) is 1.66. The Labute approximate surface area is 172 Å². The normalized spacial score (nSPS) is 11.1. The third-order valence-electron chi connectivity index (χ3n) is 4.55. The number of ether oxygens (including phenoxy) is 2. The molecule has 2 aromatic heterocycles. The van der Waals surface area contributed by atoms with E-state index in [1.54, 1.807) is 23.9 Å². The van der Waals surface area contributed by atoms with Gasteiger partial charge < -0.3 is 14.5 Å². The summed E-state index contributed by atoms with van der Waals surface area (Å²) in [5, 5.41) is 0.677. The lowest BCUT2D eigenvalue weighted by atomic mass is 10.2. The number of rotatable bonds is 7. The molecule has 2 heterocycles. The lowest BCUT2D eigenvalue weighted by Crippen LogP contribution is -2.16. The Balaban J connectivity index is 1.52. The highest BCUT2D eigenvalue weighted by molar-refractivity contribution is 6.30. The van der Waals surface area contributed by atoms with Gasteiger partial charge in [0.05, 0.1) is 23.3 Å². The van der Waals surface area contributed by atoms with Crippen molar-refractivity contribution in [2.24, 2.45) is 0 Å². The molecule has 7 heteroatoms. The van der Waals surface area contributed by atoms with Crippen LogP contribution in [-0.4, -0.2) is 28.3 Å². The zero-order valence-corrected chi connectivity index (χ0v) is 16.6. The fraction of sp³-hybridized carbons (Fsp3) is 0.182. The maximum atomic E-state index is 12.6. The molecule has 6 nitrogen and oxygen atoms in total. The van der Waals surface area contributed by atoms with Gasteiger partial charge in [0, 0.05) is 30.8 Å². The smallest absolute Gasteiger partial charge is 0.258 e. The van der Waals surface area contributed by atoms with Crippen LogP contribution in [0.5, 0.6) is 5.75 Å². The highest BCUT2D eigenvalue weighted by Gasteiger charge is 2.07. The van der Waals surface area contributed by atoms with Crippen LogP contribution in [0.3, 0.4) is 0 Å². The summed E-state index contributed by atoms with van der Waals surface area (Å²) in [6.45, 7) is 0.967. The average molecular weight is 410 g/mol. The molecule has 4 rings (SSSR count). The first-order valence-corrected chi connectivity index (χ1v) is 9.58. The van der Waals surface area contributed by atoms with Gasteiger partial charge in [-0.05, 0) is 42.0 Å². The Morgan fingerprint density at radius 1 is 1.10 bits per heavy atom. The Morgan fingerprint density at radius 2 is 1.93 bits per heavy atom. The maximum absolute atomic E-state index is 12.6. The molecule has 0 aliphatic carbocycles. The van der Waals surface area contributed by atoms with Crippen molar-refractivity contribution in [2.45, 2.75) is 13.0 Å². The van der Waals surface area contributed by atoms with Gasteiger partial charge in [0.25, 0.3) is 5.56 Å². The van der Waals surface area contributed by atoms with E-state index in [0.29, 0.717) is 30.4 Å².